The van der Waals surface area contributed by atoms with Gasteiger partial charge in [-0.15, -0.1) is 11.3 Å². The number of benzene rings is 1. The van der Waals surface area contributed by atoms with Gasteiger partial charge in [-0.3, -0.25) is 4.99 Å². The van der Waals surface area contributed by atoms with Crippen LogP contribution in [0.25, 0.3) is 0 Å². The number of halogens is 1. The average Bonchev–Trinajstić information content (AvgIpc) is 3.14. The fourth-order valence-electron chi connectivity index (χ4n) is 2.61. The molecule has 0 aliphatic carbocycles. The van der Waals surface area contributed by atoms with Gasteiger partial charge in [0.15, 0.2) is 17.5 Å². The maximum Gasteiger partial charge on any atom is 0.190 e. The van der Waals surface area contributed by atoms with E-state index in [2.05, 4.69) is 33.1 Å². The highest BCUT2D eigenvalue weighted by atomic mass is 35.5. The SMILES string of the molecule is CN=C(NCCc1cc(Cl)c2c(c1)OCCO2)NCCc1cccs1. The number of fused-ring (bicyclic) bond motifs is 1. The average molecular weight is 380 g/mol. The number of rotatable bonds is 6. The molecule has 0 spiro atoms. The van der Waals surface area contributed by atoms with E-state index in [1.807, 2.05) is 12.1 Å². The molecule has 5 nitrogen and oxygen atoms in total. The van der Waals surface area contributed by atoms with Gasteiger partial charge >= 0.3 is 0 Å². The Bertz CT molecular complexity index is 719. The van der Waals surface area contributed by atoms with Crippen LogP contribution in [0, 0.1) is 0 Å². The van der Waals surface area contributed by atoms with Crippen LogP contribution in [0.3, 0.4) is 0 Å². The lowest BCUT2D eigenvalue weighted by Crippen LogP contribution is -2.39. The molecule has 1 aromatic heterocycles. The number of hydrogen-bond acceptors (Lipinski definition) is 4. The minimum Gasteiger partial charge on any atom is -0.486 e. The quantitative estimate of drug-likeness (QED) is 0.598. The second-order valence-electron chi connectivity index (χ2n) is 5.61. The third-order valence-corrected chi connectivity index (χ3v) is 5.05. The van der Waals surface area contributed by atoms with Gasteiger partial charge in [0.1, 0.15) is 13.2 Å². The fraction of sp³-hybridized carbons (Fsp3) is 0.389. The van der Waals surface area contributed by atoms with Crippen LogP contribution in [0.15, 0.2) is 34.6 Å². The Morgan fingerprint density at radius 3 is 2.76 bits per heavy atom. The molecule has 0 amide bonds. The molecule has 2 N–H and O–H groups in total. The zero-order valence-corrected chi connectivity index (χ0v) is 15.8. The smallest absolute Gasteiger partial charge is 0.190 e. The minimum absolute atomic E-state index is 0.543. The van der Waals surface area contributed by atoms with E-state index in [0.717, 1.165) is 43.2 Å². The molecule has 0 bridgehead atoms. The maximum atomic E-state index is 6.27. The molecule has 0 fully saturated rings. The molecule has 2 aromatic rings. The van der Waals surface area contributed by atoms with Gasteiger partial charge in [0, 0.05) is 25.0 Å². The van der Waals surface area contributed by atoms with Crippen LogP contribution < -0.4 is 20.1 Å². The molecule has 1 aromatic carbocycles. The normalized spacial score (nSPS) is 13.6. The molecule has 0 atom stereocenters. The highest BCUT2D eigenvalue weighted by Crippen LogP contribution is 2.38. The number of nitrogens with zero attached hydrogens (tertiary/aromatic N) is 1. The van der Waals surface area contributed by atoms with Crippen LogP contribution in [0.5, 0.6) is 11.5 Å². The van der Waals surface area contributed by atoms with Gasteiger partial charge in [-0.2, -0.15) is 0 Å². The third-order valence-electron chi connectivity index (χ3n) is 3.83. The number of nitrogens with one attached hydrogen (secondary N) is 2. The molecule has 0 unspecified atom stereocenters. The zero-order chi connectivity index (χ0) is 17.5. The first-order valence-electron chi connectivity index (χ1n) is 8.31. The largest absolute Gasteiger partial charge is 0.486 e. The molecule has 0 radical (unpaired) electrons. The third kappa shape index (κ3) is 5.03. The summed E-state index contributed by atoms with van der Waals surface area (Å²) < 4.78 is 11.2. The number of aliphatic imine (C=N–C) groups is 1. The van der Waals surface area contributed by atoms with Crippen molar-refractivity contribution in [3.05, 3.63) is 45.1 Å². The van der Waals surface area contributed by atoms with Crippen LogP contribution in [-0.4, -0.2) is 39.3 Å². The van der Waals surface area contributed by atoms with E-state index >= 15 is 0 Å². The number of thiophene rings is 1. The predicted molar refractivity (Wildman–Crippen MR) is 104 cm³/mol. The first kappa shape index (κ1) is 17.9. The Kier molecular flexibility index (Phi) is 6.42. The molecule has 1 aliphatic rings. The first-order chi connectivity index (χ1) is 12.3. The fourth-order valence-corrected chi connectivity index (χ4v) is 3.61. The summed E-state index contributed by atoms with van der Waals surface area (Å²) in [5.74, 6) is 2.18. The summed E-state index contributed by atoms with van der Waals surface area (Å²) in [6, 6.07) is 8.15. The topological polar surface area (TPSA) is 54.9 Å². The molecule has 0 saturated carbocycles. The monoisotopic (exact) mass is 379 g/mol. The Hall–Kier alpha value is -1.92. The zero-order valence-electron chi connectivity index (χ0n) is 14.2. The van der Waals surface area contributed by atoms with Crippen molar-refractivity contribution in [3.8, 4) is 11.5 Å². The highest BCUT2D eigenvalue weighted by Gasteiger charge is 2.16. The second-order valence-corrected chi connectivity index (χ2v) is 7.05. The van der Waals surface area contributed by atoms with Crippen molar-refractivity contribution >= 4 is 28.9 Å². The molecule has 134 valence electrons. The Morgan fingerprint density at radius 2 is 2.00 bits per heavy atom. The van der Waals surface area contributed by atoms with Gasteiger partial charge in [-0.1, -0.05) is 17.7 Å². The molecule has 0 saturated heterocycles. The molecule has 25 heavy (non-hydrogen) atoms. The number of hydrogen-bond donors (Lipinski definition) is 2. The molecular weight excluding hydrogens is 358 g/mol. The lowest BCUT2D eigenvalue weighted by atomic mass is 10.1. The van der Waals surface area contributed by atoms with Crippen LogP contribution in [0.4, 0.5) is 0 Å². The van der Waals surface area contributed by atoms with Crippen LogP contribution >= 0.6 is 22.9 Å². The van der Waals surface area contributed by atoms with E-state index in [1.165, 1.54) is 4.88 Å². The van der Waals surface area contributed by atoms with Gasteiger partial charge < -0.3 is 20.1 Å². The Labute approximate surface area is 157 Å². The van der Waals surface area contributed by atoms with E-state index < -0.39 is 0 Å². The minimum atomic E-state index is 0.543. The Balaban J connectivity index is 1.45. The van der Waals surface area contributed by atoms with Crippen LogP contribution in [-0.2, 0) is 12.8 Å². The second kappa shape index (κ2) is 8.97. The number of guanidine groups is 1. The summed E-state index contributed by atoms with van der Waals surface area (Å²) in [6.45, 7) is 2.72. The summed E-state index contributed by atoms with van der Waals surface area (Å²) in [4.78, 5) is 5.62. The molecule has 2 heterocycles. The standard InChI is InChI=1S/C18H22ClN3O2S/c1-20-18(22-7-5-14-3-2-10-25-14)21-6-4-13-11-15(19)17-16(12-13)23-8-9-24-17/h2-3,10-12H,4-9H2,1H3,(H2,20,21,22). The summed E-state index contributed by atoms with van der Waals surface area (Å²) in [7, 11) is 1.78. The van der Waals surface area contributed by atoms with Crippen molar-refractivity contribution in [1.82, 2.24) is 10.6 Å². The van der Waals surface area contributed by atoms with Crippen molar-refractivity contribution < 1.29 is 9.47 Å². The van der Waals surface area contributed by atoms with Gasteiger partial charge in [0.25, 0.3) is 0 Å². The van der Waals surface area contributed by atoms with Crippen molar-refractivity contribution in [2.45, 2.75) is 12.8 Å². The molecule has 3 rings (SSSR count). The lowest BCUT2D eigenvalue weighted by Gasteiger charge is -2.20. The number of ether oxygens (including phenoxy) is 2. The van der Waals surface area contributed by atoms with Crippen molar-refractivity contribution in [2.75, 3.05) is 33.4 Å². The van der Waals surface area contributed by atoms with Crippen molar-refractivity contribution in [3.63, 3.8) is 0 Å². The summed E-state index contributed by atoms with van der Waals surface area (Å²) in [6.07, 6.45) is 1.82. The summed E-state index contributed by atoms with van der Waals surface area (Å²) >= 11 is 8.05. The first-order valence-corrected chi connectivity index (χ1v) is 9.57. The van der Waals surface area contributed by atoms with E-state index in [-0.39, 0.29) is 0 Å². The molecule has 7 heteroatoms. The lowest BCUT2D eigenvalue weighted by molar-refractivity contribution is 0.171. The van der Waals surface area contributed by atoms with E-state index in [1.54, 1.807) is 18.4 Å². The van der Waals surface area contributed by atoms with Crippen LogP contribution in [0.1, 0.15) is 10.4 Å². The van der Waals surface area contributed by atoms with Gasteiger partial charge in [-0.25, -0.2) is 0 Å². The van der Waals surface area contributed by atoms with Crippen LogP contribution in [0.2, 0.25) is 5.02 Å². The maximum absolute atomic E-state index is 6.27. The van der Waals surface area contributed by atoms with Gasteiger partial charge in [-0.05, 0) is 42.0 Å². The van der Waals surface area contributed by atoms with E-state index in [9.17, 15) is 0 Å². The summed E-state index contributed by atoms with van der Waals surface area (Å²) in [5.41, 5.74) is 1.11. The predicted octanol–water partition coefficient (Wildman–Crippen LogP) is 3.12. The van der Waals surface area contributed by atoms with Gasteiger partial charge in [0.2, 0.25) is 0 Å². The van der Waals surface area contributed by atoms with E-state index in [4.69, 9.17) is 21.1 Å². The molecule has 1 aliphatic heterocycles. The van der Waals surface area contributed by atoms with Crippen molar-refractivity contribution in [2.24, 2.45) is 4.99 Å². The Morgan fingerprint density at radius 1 is 1.20 bits per heavy atom. The molecular formula is C18H22ClN3O2S. The van der Waals surface area contributed by atoms with Crippen molar-refractivity contribution in [1.29, 1.82) is 0 Å². The van der Waals surface area contributed by atoms with Gasteiger partial charge in [0.05, 0.1) is 5.02 Å². The highest BCUT2D eigenvalue weighted by molar-refractivity contribution is 7.09. The van der Waals surface area contributed by atoms with E-state index in [0.29, 0.717) is 24.0 Å². The summed E-state index contributed by atoms with van der Waals surface area (Å²) in [5, 5.41) is 9.36.